The molecule has 0 saturated carbocycles. The molecule has 0 aliphatic carbocycles. The normalized spacial score (nSPS) is 41.0. The number of aliphatic hydroxyl groups excluding tert-OH is 4. The van der Waals surface area contributed by atoms with Gasteiger partial charge in [0, 0.05) is 0 Å². The maximum atomic E-state index is 10.5. The standard InChI is InChI=1S/C6H13O9P/c7-1-2-3(8)4(9)5(6(10)14-2)15-16(11,12)13/h2-10H,1H2,(H2,11,12,13)/t2-,3-,4+,5-,6+/m1/s1. The minimum atomic E-state index is -4.94. The zero-order valence-electron chi connectivity index (χ0n) is 7.95. The fraction of sp³-hybridized carbons (Fsp3) is 1.00. The molecule has 6 N–H and O–H groups in total. The van der Waals surface area contributed by atoms with Gasteiger partial charge in [-0.2, -0.15) is 0 Å². The Balaban J connectivity index is 2.76. The van der Waals surface area contributed by atoms with Crippen LogP contribution in [-0.4, -0.2) is 67.5 Å². The summed E-state index contributed by atoms with van der Waals surface area (Å²) in [5.74, 6) is 0. The van der Waals surface area contributed by atoms with Gasteiger partial charge in [-0.05, 0) is 0 Å². The van der Waals surface area contributed by atoms with Crippen molar-refractivity contribution in [1.29, 1.82) is 0 Å². The third-order valence-electron chi connectivity index (χ3n) is 2.10. The lowest BCUT2D eigenvalue weighted by atomic mass is 9.99. The van der Waals surface area contributed by atoms with Crippen LogP contribution in [0, 0.1) is 0 Å². The van der Waals surface area contributed by atoms with Crippen LogP contribution in [0.4, 0.5) is 0 Å². The SMILES string of the molecule is O=P(O)(O)O[C@@H]1[C@@H](O)[C@H](O)[C@@H](CO)O[C@@H]1O. The molecular weight excluding hydrogens is 247 g/mol. The molecule has 1 aliphatic heterocycles. The molecule has 0 radical (unpaired) electrons. The van der Waals surface area contributed by atoms with E-state index in [0.717, 1.165) is 0 Å². The Hall–Kier alpha value is -0.0900. The number of hydrogen-bond acceptors (Lipinski definition) is 7. The van der Waals surface area contributed by atoms with E-state index in [-0.39, 0.29) is 0 Å². The van der Waals surface area contributed by atoms with Crippen molar-refractivity contribution in [3.63, 3.8) is 0 Å². The molecule has 1 saturated heterocycles. The van der Waals surface area contributed by atoms with Crippen LogP contribution in [0.3, 0.4) is 0 Å². The van der Waals surface area contributed by atoms with Gasteiger partial charge >= 0.3 is 7.82 Å². The fourth-order valence-corrected chi connectivity index (χ4v) is 1.89. The monoisotopic (exact) mass is 260 g/mol. The molecule has 0 spiro atoms. The molecule has 0 aromatic carbocycles. The second-order valence-electron chi connectivity index (χ2n) is 3.29. The highest BCUT2D eigenvalue weighted by Gasteiger charge is 2.46. The third kappa shape index (κ3) is 3.20. The van der Waals surface area contributed by atoms with Crippen LogP contribution in [0.2, 0.25) is 0 Å². The second-order valence-corrected chi connectivity index (χ2v) is 4.48. The average Bonchev–Trinajstić information content (AvgIpc) is 2.17. The van der Waals surface area contributed by atoms with E-state index in [1.54, 1.807) is 0 Å². The zero-order chi connectivity index (χ0) is 12.5. The number of phosphoric ester groups is 1. The van der Waals surface area contributed by atoms with E-state index in [1.165, 1.54) is 0 Å². The highest BCUT2D eigenvalue weighted by atomic mass is 31.2. The van der Waals surface area contributed by atoms with E-state index in [4.69, 9.17) is 14.9 Å². The lowest BCUT2D eigenvalue weighted by Crippen LogP contribution is -2.59. The van der Waals surface area contributed by atoms with Gasteiger partial charge in [-0.1, -0.05) is 0 Å². The molecule has 1 aliphatic rings. The van der Waals surface area contributed by atoms with E-state index < -0.39 is 45.1 Å². The molecule has 16 heavy (non-hydrogen) atoms. The molecule has 9 nitrogen and oxygen atoms in total. The van der Waals surface area contributed by atoms with Crippen molar-refractivity contribution in [1.82, 2.24) is 0 Å². The number of phosphoric acid groups is 1. The van der Waals surface area contributed by atoms with Crippen LogP contribution in [0.5, 0.6) is 0 Å². The van der Waals surface area contributed by atoms with E-state index in [9.17, 15) is 19.9 Å². The molecule has 0 bridgehead atoms. The van der Waals surface area contributed by atoms with Gasteiger partial charge in [-0.25, -0.2) is 4.57 Å². The minimum Gasteiger partial charge on any atom is -0.394 e. The van der Waals surface area contributed by atoms with Crippen molar-refractivity contribution >= 4 is 7.82 Å². The summed E-state index contributed by atoms with van der Waals surface area (Å²) < 4.78 is 19.2. The van der Waals surface area contributed by atoms with Gasteiger partial charge in [0.15, 0.2) is 6.29 Å². The van der Waals surface area contributed by atoms with Gasteiger partial charge in [0.05, 0.1) is 6.61 Å². The third-order valence-corrected chi connectivity index (χ3v) is 2.62. The minimum absolute atomic E-state index is 0.669. The van der Waals surface area contributed by atoms with Crippen molar-refractivity contribution < 1.29 is 44.0 Å². The van der Waals surface area contributed by atoms with Crippen LogP contribution in [0.1, 0.15) is 0 Å². The number of ether oxygens (including phenoxy) is 1. The Morgan fingerprint density at radius 3 is 2.19 bits per heavy atom. The van der Waals surface area contributed by atoms with Crippen LogP contribution in [0.25, 0.3) is 0 Å². The highest BCUT2D eigenvalue weighted by molar-refractivity contribution is 7.46. The summed E-state index contributed by atoms with van der Waals surface area (Å²) in [5, 5.41) is 36.7. The van der Waals surface area contributed by atoms with Gasteiger partial charge in [0.1, 0.15) is 24.4 Å². The number of hydrogen-bond donors (Lipinski definition) is 6. The molecule has 1 fully saturated rings. The Morgan fingerprint density at radius 1 is 1.19 bits per heavy atom. The summed E-state index contributed by atoms with van der Waals surface area (Å²) in [4.78, 5) is 17.0. The second kappa shape index (κ2) is 5.05. The van der Waals surface area contributed by atoms with Gasteiger partial charge < -0.3 is 34.9 Å². The lowest BCUT2D eigenvalue weighted by molar-refractivity contribution is -0.282. The van der Waals surface area contributed by atoms with Crippen LogP contribution in [0.15, 0.2) is 0 Å². The number of aliphatic hydroxyl groups is 4. The molecule has 96 valence electrons. The van der Waals surface area contributed by atoms with E-state index in [0.29, 0.717) is 0 Å². The Kier molecular flexibility index (Phi) is 4.41. The summed E-state index contributed by atoms with van der Waals surface area (Å²) >= 11 is 0. The first-order valence-corrected chi connectivity index (χ1v) is 5.83. The first kappa shape index (κ1) is 14.0. The van der Waals surface area contributed by atoms with Crippen LogP contribution >= 0.6 is 7.82 Å². The summed E-state index contributed by atoms with van der Waals surface area (Å²) in [5.41, 5.74) is 0. The molecule has 1 heterocycles. The molecule has 0 aromatic heterocycles. The molecule has 0 unspecified atom stereocenters. The smallest absolute Gasteiger partial charge is 0.394 e. The van der Waals surface area contributed by atoms with Gasteiger partial charge in [0.25, 0.3) is 0 Å². The van der Waals surface area contributed by atoms with E-state index in [1.807, 2.05) is 0 Å². The first-order valence-electron chi connectivity index (χ1n) is 4.30. The predicted molar refractivity (Wildman–Crippen MR) is 46.9 cm³/mol. The zero-order valence-corrected chi connectivity index (χ0v) is 8.84. The Labute approximate surface area is 90.1 Å². The molecule has 1 rings (SSSR count). The summed E-state index contributed by atoms with van der Waals surface area (Å²) in [7, 11) is -4.94. The first-order chi connectivity index (χ1) is 7.26. The van der Waals surface area contributed by atoms with Crippen molar-refractivity contribution in [2.45, 2.75) is 30.7 Å². The van der Waals surface area contributed by atoms with Gasteiger partial charge in [-0.15, -0.1) is 0 Å². The maximum Gasteiger partial charge on any atom is 0.470 e. The van der Waals surface area contributed by atoms with Crippen molar-refractivity contribution in [3.05, 3.63) is 0 Å². The van der Waals surface area contributed by atoms with Gasteiger partial charge in [0.2, 0.25) is 0 Å². The number of rotatable bonds is 3. The van der Waals surface area contributed by atoms with Crippen molar-refractivity contribution in [2.24, 2.45) is 0 Å². The van der Waals surface area contributed by atoms with Gasteiger partial charge in [-0.3, -0.25) is 4.52 Å². The largest absolute Gasteiger partial charge is 0.470 e. The quantitative estimate of drug-likeness (QED) is 0.289. The van der Waals surface area contributed by atoms with E-state index >= 15 is 0 Å². The highest BCUT2D eigenvalue weighted by Crippen LogP contribution is 2.40. The van der Waals surface area contributed by atoms with E-state index in [2.05, 4.69) is 9.26 Å². The molecule has 0 amide bonds. The Bertz CT molecular complexity index is 277. The fourth-order valence-electron chi connectivity index (χ4n) is 1.34. The Morgan fingerprint density at radius 2 is 1.75 bits per heavy atom. The van der Waals surface area contributed by atoms with Crippen molar-refractivity contribution in [2.75, 3.05) is 6.61 Å². The lowest BCUT2D eigenvalue weighted by Gasteiger charge is -2.39. The maximum absolute atomic E-state index is 10.5. The summed E-state index contributed by atoms with van der Waals surface area (Å²) in [6.07, 6.45) is -8.30. The molecular formula is C6H13O9P. The molecule has 0 aromatic rings. The van der Waals surface area contributed by atoms with Crippen LogP contribution < -0.4 is 0 Å². The molecule has 5 atom stereocenters. The molecule has 10 heteroatoms. The summed E-state index contributed by atoms with van der Waals surface area (Å²) in [6, 6.07) is 0. The summed E-state index contributed by atoms with van der Waals surface area (Å²) in [6.45, 7) is -0.669. The van der Waals surface area contributed by atoms with Crippen molar-refractivity contribution in [3.8, 4) is 0 Å². The average molecular weight is 260 g/mol. The van der Waals surface area contributed by atoms with Crippen LogP contribution in [-0.2, 0) is 13.8 Å². The predicted octanol–water partition coefficient (Wildman–Crippen LogP) is -3.10. The topological polar surface area (TPSA) is 157 Å².